The second-order valence-corrected chi connectivity index (χ2v) is 8.16. The molecular weight excluding hydrogens is 374 g/mol. The Hall–Kier alpha value is -2.92. The van der Waals surface area contributed by atoms with Crippen molar-refractivity contribution < 1.29 is 9.59 Å². The number of nitriles is 1. The van der Waals surface area contributed by atoms with Crippen molar-refractivity contribution in [1.29, 1.82) is 5.26 Å². The van der Waals surface area contributed by atoms with Gasteiger partial charge in [-0.05, 0) is 30.5 Å². The van der Waals surface area contributed by atoms with Crippen LogP contribution in [0.15, 0.2) is 30.5 Å². The van der Waals surface area contributed by atoms with Gasteiger partial charge in [-0.2, -0.15) is 5.26 Å². The first-order chi connectivity index (χ1) is 13.5. The molecule has 1 aliphatic rings. The maximum absolute atomic E-state index is 12.5. The van der Waals surface area contributed by atoms with E-state index in [4.69, 9.17) is 5.26 Å². The molecule has 1 N–H and O–H groups in total. The van der Waals surface area contributed by atoms with Gasteiger partial charge in [0.2, 0.25) is 5.91 Å². The molecule has 7 nitrogen and oxygen atoms in total. The van der Waals surface area contributed by atoms with Crippen LogP contribution in [0.3, 0.4) is 0 Å². The first kappa shape index (κ1) is 19.8. The molecule has 0 aliphatic carbocycles. The largest absolute Gasteiger partial charge is 0.331 e. The van der Waals surface area contributed by atoms with Crippen LogP contribution in [0.25, 0.3) is 0 Å². The van der Waals surface area contributed by atoms with Gasteiger partial charge in [-0.1, -0.05) is 12.1 Å². The number of carbonyl (C=O) groups excluding carboxylic acids is 2. The minimum Gasteiger partial charge on any atom is -0.331 e. The van der Waals surface area contributed by atoms with Gasteiger partial charge in [0, 0.05) is 50.6 Å². The summed E-state index contributed by atoms with van der Waals surface area (Å²) in [5.41, 5.74) is 1.73. The van der Waals surface area contributed by atoms with Crippen molar-refractivity contribution in [3.8, 4) is 6.07 Å². The zero-order valence-corrected chi connectivity index (χ0v) is 16.8. The highest BCUT2D eigenvalue weighted by Gasteiger charge is 2.28. The van der Waals surface area contributed by atoms with Crippen molar-refractivity contribution in [3.05, 3.63) is 46.5 Å². The Morgan fingerprint density at radius 3 is 2.57 bits per heavy atom. The number of piperidine rings is 1. The second kappa shape index (κ2) is 8.85. The molecule has 1 saturated heterocycles. The Bertz CT molecular complexity index is 877. The molecular formula is C20H23N5O2S. The van der Waals surface area contributed by atoms with E-state index in [-0.39, 0.29) is 17.9 Å². The molecule has 3 amide bonds. The van der Waals surface area contributed by atoms with Crippen molar-refractivity contribution in [2.45, 2.75) is 19.3 Å². The Kier molecular flexibility index (Phi) is 6.26. The SMILES string of the molecule is CN(C)C(=O)N1CCC(C(=O)Nc2ncc(Cc3ccc(C#N)cc3)s2)CC1. The molecule has 2 aromatic rings. The summed E-state index contributed by atoms with van der Waals surface area (Å²) in [5, 5.41) is 12.4. The second-order valence-electron chi connectivity index (χ2n) is 7.04. The Labute approximate surface area is 168 Å². The third-order valence-electron chi connectivity index (χ3n) is 4.76. The summed E-state index contributed by atoms with van der Waals surface area (Å²) in [6.45, 7) is 1.19. The molecule has 1 fully saturated rings. The lowest BCUT2D eigenvalue weighted by atomic mass is 9.96. The van der Waals surface area contributed by atoms with E-state index in [0.717, 1.165) is 10.4 Å². The summed E-state index contributed by atoms with van der Waals surface area (Å²) >= 11 is 1.46. The highest BCUT2D eigenvalue weighted by Crippen LogP contribution is 2.24. The van der Waals surface area contributed by atoms with Crippen molar-refractivity contribution in [1.82, 2.24) is 14.8 Å². The molecule has 8 heteroatoms. The average Bonchev–Trinajstić information content (AvgIpc) is 3.14. The van der Waals surface area contributed by atoms with Crippen molar-refractivity contribution in [2.75, 3.05) is 32.5 Å². The van der Waals surface area contributed by atoms with E-state index in [2.05, 4.69) is 16.4 Å². The lowest BCUT2D eigenvalue weighted by molar-refractivity contribution is -0.121. The van der Waals surface area contributed by atoms with Gasteiger partial charge in [0.25, 0.3) is 0 Å². The average molecular weight is 398 g/mol. The minimum atomic E-state index is -0.0999. The molecule has 0 atom stereocenters. The fourth-order valence-electron chi connectivity index (χ4n) is 3.17. The number of urea groups is 1. The summed E-state index contributed by atoms with van der Waals surface area (Å²) in [7, 11) is 3.47. The lowest BCUT2D eigenvalue weighted by Crippen LogP contribution is -2.45. The third kappa shape index (κ3) is 4.87. The number of anilines is 1. The first-order valence-corrected chi connectivity index (χ1v) is 9.98. The van der Waals surface area contributed by atoms with Crippen molar-refractivity contribution >= 4 is 28.4 Å². The molecule has 1 aliphatic heterocycles. The normalized spacial score (nSPS) is 14.4. The lowest BCUT2D eigenvalue weighted by Gasteiger charge is -2.32. The quantitative estimate of drug-likeness (QED) is 0.859. The summed E-state index contributed by atoms with van der Waals surface area (Å²) in [6, 6.07) is 9.56. The first-order valence-electron chi connectivity index (χ1n) is 9.17. The number of aromatic nitrogens is 1. The molecule has 1 aromatic heterocycles. The van der Waals surface area contributed by atoms with Gasteiger partial charge in [0.05, 0.1) is 11.6 Å². The van der Waals surface area contributed by atoms with Crippen LogP contribution < -0.4 is 5.32 Å². The minimum absolute atomic E-state index is 0.00812. The molecule has 28 heavy (non-hydrogen) atoms. The van der Waals surface area contributed by atoms with E-state index in [9.17, 15) is 9.59 Å². The molecule has 2 heterocycles. The molecule has 0 radical (unpaired) electrons. The standard InChI is InChI=1S/C20H23N5O2S/c1-24(2)20(27)25-9-7-16(8-10-25)18(26)23-19-22-13-17(28-19)11-14-3-5-15(12-21)6-4-14/h3-6,13,16H,7-11H2,1-2H3,(H,22,23,26). The van der Waals surface area contributed by atoms with Gasteiger partial charge < -0.3 is 15.1 Å². The molecule has 146 valence electrons. The number of nitrogens with one attached hydrogen (secondary N) is 1. The van der Waals surface area contributed by atoms with Crippen LogP contribution in [0.2, 0.25) is 0 Å². The van der Waals surface area contributed by atoms with E-state index in [0.29, 0.717) is 43.0 Å². The Balaban J connectivity index is 1.51. The van der Waals surface area contributed by atoms with E-state index in [1.54, 1.807) is 42.2 Å². The van der Waals surface area contributed by atoms with Crippen LogP contribution in [0.1, 0.15) is 28.8 Å². The summed E-state index contributed by atoms with van der Waals surface area (Å²) < 4.78 is 0. The number of hydrogen-bond donors (Lipinski definition) is 1. The number of benzene rings is 1. The number of hydrogen-bond acceptors (Lipinski definition) is 5. The third-order valence-corrected chi connectivity index (χ3v) is 5.68. The van der Waals surface area contributed by atoms with Gasteiger partial charge in [-0.25, -0.2) is 9.78 Å². The van der Waals surface area contributed by atoms with Crippen molar-refractivity contribution in [3.63, 3.8) is 0 Å². The van der Waals surface area contributed by atoms with E-state index >= 15 is 0 Å². The van der Waals surface area contributed by atoms with Crippen LogP contribution in [0.4, 0.5) is 9.93 Å². The number of nitrogens with zero attached hydrogens (tertiary/aromatic N) is 4. The van der Waals surface area contributed by atoms with Gasteiger partial charge >= 0.3 is 6.03 Å². The van der Waals surface area contributed by atoms with E-state index in [1.165, 1.54) is 11.3 Å². The van der Waals surface area contributed by atoms with E-state index < -0.39 is 0 Å². The van der Waals surface area contributed by atoms with Crippen LogP contribution in [-0.2, 0) is 11.2 Å². The number of carbonyl (C=O) groups is 2. The fraction of sp³-hybridized carbons (Fsp3) is 0.400. The van der Waals surface area contributed by atoms with Crippen LogP contribution in [0, 0.1) is 17.2 Å². The maximum Gasteiger partial charge on any atom is 0.319 e. The number of amides is 3. The maximum atomic E-state index is 12.5. The summed E-state index contributed by atoms with van der Waals surface area (Å²) in [4.78, 5) is 33.2. The van der Waals surface area contributed by atoms with Gasteiger partial charge in [0.1, 0.15) is 0 Å². The predicted octanol–water partition coefficient (Wildman–Crippen LogP) is 2.94. The highest BCUT2D eigenvalue weighted by molar-refractivity contribution is 7.15. The van der Waals surface area contributed by atoms with E-state index in [1.807, 2.05) is 12.1 Å². The predicted molar refractivity (Wildman–Crippen MR) is 108 cm³/mol. The fourth-order valence-corrected chi connectivity index (χ4v) is 4.02. The molecule has 0 bridgehead atoms. The topological polar surface area (TPSA) is 89.3 Å². The molecule has 0 saturated carbocycles. The van der Waals surface area contributed by atoms with Gasteiger partial charge in [0.15, 0.2) is 5.13 Å². The van der Waals surface area contributed by atoms with Crippen molar-refractivity contribution in [2.24, 2.45) is 5.92 Å². The summed E-state index contributed by atoms with van der Waals surface area (Å²) in [5.74, 6) is -0.131. The smallest absolute Gasteiger partial charge is 0.319 e. The summed E-state index contributed by atoms with van der Waals surface area (Å²) in [6.07, 6.45) is 3.81. The van der Waals surface area contributed by atoms with Crippen LogP contribution in [-0.4, -0.2) is 53.9 Å². The Morgan fingerprint density at radius 1 is 1.29 bits per heavy atom. The number of rotatable bonds is 4. The Morgan fingerprint density at radius 2 is 1.96 bits per heavy atom. The highest BCUT2D eigenvalue weighted by atomic mass is 32.1. The van der Waals surface area contributed by atoms with Crippen LogP contribution >= 0.6 is 11.3 Å². The van der Waals surface area contributed by atoms with Gasteiger partial charge in [-0.15, -0.1) is 11.3 Å². The molecule has 1 aromatic carbocycles. The molecule has 0 spiro atoms. The van der Waals surface area contributed by atoms with Crippen LogP contribution in [0.5, 0.6) is 0 Å². The zero-order valence-electron chi connectivity index (χ0n) is 16.0. The molecule has 0 unspecified atom stereocenters. The molecule has 3 rings (SSSR count). The number of likely N-dealkylation sites (tertiary alicyclic amines) is 1. The zero-order chi connectivity index (χ0) is 20.1. The van der Waals surface area contributed by atoms with Gasteiger partial charge in [-0.3, -0.25) is 4.79 Å². The monoisotopic (exact) mass is 397 g/mol. The number of thiazole rings is 1.